The van der Waals surface area contributed by atoms with Gasteiger partial charge in [-0.2, -0.15) is 0 Å². The Labute approximate surface area is 174 Å². The predicted molar refractivity (Wildman–Crippen MR) is 111 cm³/mol. The lowest BCUT2D eigenvalue weighted by molar-refractivity contribution is -0.135. The second-order valence-electron chi connectivity index (χ2n) is 7.89. The van der Waals surface area contributed by atoms with Crippen molar-refractivity contribution in [1.29, 1.82) is 0 Å². The van der Waals surface area contributed by atoms with E-state index >= 15 is 0 Å². The first-order chi connectivity index (χ1) is 14.1. The maximum Gasteiger partial charge on any atom is 0.231 e. The minimum absolute atomic E-state index is 0.000903. The van der Waals surface area contributed by atoms with Crippen LogP contribution in [0, 0.1) is 11.8 Å². The number of amides is 2. The number of rotatable bonds is 5. The van der Waals surface area contributed by atoms with Gasteiger partial charge in [-0.1, -0.05) is 60.2 Å². The summed E-state index contributed by atoms with van der Waals surface area (Å²) in [5, 5.41) is 3.45. The maximum atomic E-state index is 13.2. The third-order valence-corrected chi connectivity index (χ3v) is 6.32. The van der Waals surface area contributed by atoms with Crippen molar-refractivity contribution < 1.29 is 14.3 Å². The Morgan fingerprint density at radius 1 is 1.21 bits per heavy atom. The number of benzene rings is 2. The molecule has 6 heteroatoms. The number of nitrogens with zero attached hydrogens (tertiary/aromatic N) is 1. The minimum atomic E-state index is -0.686. The average molecular weight is 409 g/mol. The molecule has 2 bridgehead atoms. The summed E-state index contributed by atoms with van der Waals surface area (Å²) in [4.78, 5) is 28.1. The lowest BCUT2D eigenvalue weighted by Gasteiger charge is -2.23. The number of likely N-dealkylation sites (tertiary alicyclic amines) is 1. The Hall–Kier alpha value is -2.63. The fraction of sp³-hybridized carbons (Fsp3) is 0.304. The van der Waals surface area contributed by atoms with Gasteiger partial charge in [0.05, 0.1) is 24.5 Å². The van der Waals surface area contributed by atoms with E-state index in [4.69, 9.17) is 16.3 Å². The molecule has 1 spiro atoms. The molecule has 0 saturated carbocycles. The van der Waals surface area contributed by atoms with Gasteiger partial charge < -0.3 is 15.0 Å². The summed E-state index contributed by atoms with van der Waals surface area (Å²) in [6.45, 7) is 1.11. The fourth-order valence-corrected chi connectivity index (χ4v) is 4.96. The molecule has 0 aliphatic carbocycles. The lowest BCUT2D eigenvalue weighted by atomic mass is 9.77. The number of hydrogen-bond acceptors (Lipinski definition) is 3. The van der Waals surface area contributed by atoms with Crippen LogP contribution in [-0.2, 0) is 20.7 Å². The van der Waals surface area contributed by atoms with E-state index in [1.807, 2.05) is 35.3 Å². The van der Waals surface area contributed by atoms with Crippen molar-refractivity contribution in [2.75, 3.05) is 18.4 Å². The fourth-order valence-electron chi connectivity index (χ4n) is 4.77. The van der Waals surface area contributed by atoms with Crippen LogP contribution in [-0.4, -0.2) is 41.5 Å². The highest BCUT2D eigenvalue weighted by atomic mass is 35.5. The molecule has 5 rings (SSSR count). The van der Waals surface area contributed by atoms with Gasteiger partial charge in [0.2, 0.25) is 11.8 Å². The zero-order valence-corrected chi connectivity index (χ0v) is 16.5. The SMILES string of the molecule is O=C(Nc1cccc(Cl)c1)[C@@H]1[C@H]2C(=O)N(CCc3ccccc3)C[C@@]23C=C[C@H]1O3. The molecule has 0 unspecified atom stereocenters. The molecule has 0 aromatic heterocycles. The molecule has 5 nitrogen and oxygen atoms in total. The Kier molecular flexibility index (Phi) is 4.45. The minimum Gasteiger partial charge on any atom is -0.360 e. The van der Waals surface area contributed by atoms with Crippen molar-refractivity contribution in [1.82, 2.24) is 4.90 Å². The number of carbonyl (C=O) groups is 2. The third-order valence-electron chi connectivity index (χ3n) is 6.09. The summed E-state index contributed by atoms with van der Waals surface area (Å²) in [6.07, 6.45) is 4.32. The molecule has 1 N–H and O–H groups in total. The molecule has 2 aromatic carbocycles. The van der Waals surface area contributed by atoms with Gasteiger partial charge in [0.25, 0.3) is 0 Å². The van der Waals surface area contributed by atoms with Gasteiger partial charge >= 0.3 is 0 Å². The molecular weight excluding hydrogens is 388 g/mol. The normalized spacial score (nSPS) is 29.3. The molecule has 2 aromatic rings. The highest BCUT2D eigenvalue weighted by molar-refractivity contribution is 6.30. The van der Waals surface area contributed by atoms with Crippen LogP contribution in [0.1, 0.15) is 5.56 Å². The molecule has 2 saturated heterocycles. The van der Waals surface area contributed by atoms with E-state index < -0.39 is 17.4 Å². The van der Waals surface area contributed by atoms with Crippen LogP contribution in [0.5, 0.6) is 0 Å². The number of nitrogens with one attached hydrogen (secondary N) is 1. The predicted octanol–water partition coefficient (Wildman–Crippen LogP) is 3.30. The van der Waals surface area contributed by atoms with Crippen molar-refractivity contribution in [3.8, 4) is 0 Å². The van der Waals surface area contributed by atoms with Gasteiger partial charge in [-0.15, -0.1) is 0 Å². The van der Waals surface area contributed by atoms with Gasteiger partial charge in [0, 0.05) is 17.3 Å². The quantitative estimate of drug-likeness (QED) is 0.772. The molecule has 3 heterocycles. The van der Waals surface area contributed by atoms with E-state index in [9.17, 15) is 9.59 Å². The number of halogens is 1. The van der Waals surface area contributed by atoms with E-state index in [1.54, 1.807) is 24.3 Å². The van der Waals surface area contributed by atoms with Crippen LogP contribution in [0.3, 0.4) is 0 Å². The molecule has 4 atom stereocenters. The summed E-state index contributed by atoms with van der Waals surface area (Å²) in [5.74, 6) is -1.22. The van der Waals surface area contributed by atoms with Crippen LogP contribution in [0.15, 0.2) is 66.7 Å². The molecule has 3 aliphatic heterocycles. The van der Waals surface area contributed by atoms with Crippen LogP contribution >= 0.6 is 11.6 Å². The Bertz CT molecular complexity index is 993. The van der Waals surface area contributed by atoms with Crippen LogP contribution in [0.4, 0.5) is 5.69 Å². The molecule has 2 amide bonds. The highest BCUT2D eigenvalue weighted by Gasteiger charge is 2.66. The monoisotopic (exact) mass is 408 g/mol. The topological polar surface area (TPSA) is 58.6 Å². The van der Waals surface area contributed by atoms with Crippen molar-refractivity contribution in [2.24, 2.45) is 11.8 Å². The van der Waals surface area contributed by atoms with E-state index in [1.165, 1.54) is 5.56 Å². The second-order valence-corrected chi connectivity index (χ2v) is 8.33. The molecule has 3 aliphatic rings. The van der Waals surface area contributed by atoms with E-state index in [-0.39, 0.29) is 17.9 Å². The molecular formula is C23H21ClN2O3. The first kappa shape index (κ1) is 18.4. The standard InChI is InChI=1S/C23H21ClN2O3/c24-16-7-4-8-17(13-16)25-21(27)19-18-9-11-23(29-18)14-26(22(28)20(19)23)12-10-15-5-2-1-3-6-15/h1-9,11,13,18-20H,10,12,14H2,(H,25,27)/t18-,19+,20+,23+/m1/s1. The van der Waals surface area contributed by atoms with Crippen molar-refractivity contribution in [3.05, 3.63) is 77.3 Å². The van der Waals surface area contributed by atoms with Crippen molar-refractivity contribution >= 4 is 29.1 Å². The van der Waals surface area contributed by atoms with Crippen LogP contribution in [0.2, 0.25) is 5.02 Å². The molecule has 0 radical (unpaired) electrons. The van der Waals surface area contributed by atoms with E-state index in [0.717, 1.165) is 6.42 Å². The Balaban J connectivity index is 1.33. The molecule has 148 valence electrons. The number of ether oxygens (including phenoxy) is 1. The summed E-state index contributed by atoms with van der Waals surface area (Å²) >= 11 is 6.02. The smallest absolute Gasteiger partial charge is 0.231 e. The lowest BCUT2D eigenvalue weighted by Crippen LogP contribution is -2.41. The molecule has 2 fully saturated rings. The number of fused-ring (bicyclic) bond motifs is 1. The third kappa shape index (κ3) is 3.15. The largest absolute Gasteiger partial charge is 0.360 e. The van der Waals surface area contributed by atoms with Crippen molar-refractivity contribution in [3.63, 3.8) is 0 Å². The second kappa shape index (κ2) is 7.01. The summed E-state index contributed by atoms with van der Waals surface area (Å²) in [7, 11) is 0. The van der Waals surface area contributed by atoms with E-state index in [2.05, 4.69) is 17.4 Å². The molecule has 29 heavy (non-hydrogen) atoms. The van der Waals surface area contributed by atoms with Gasteiger partial charge in [-0.3, -0.25) is 9.59 Å². The summed E-state index contributed by atoms with van der Waals surface area (Å²) in [6, 6.07) is 17.1. The maximum absolute atomic E-state index is 13.2. The first-order valence-electron chi connectivity index (χ1n) is 9.82. The van der Waals surface area contributed by atoms with Crippen molar-refractivity contribution in [2.45, 2.75) is 18.1 Å². The zero-order chi connectivity index (χ0) is 20.0. The number of anilines is 1. The first-order valence-corrected chi connectivity index (χ1v) is 10.2. The Morgan fingerprint density at radius 3 is 2.83 bits per heavy atom. The number of hydrogen-bond donors (Lipinski definition) is 1. The summed E-state index contributed by atoms with van der Waals surface area (Å²) < 4.78 is 6.17. The highest BCUT2D eigenvalue weighted by Crippen LogP contribution is 2.52. The zero-order valence-electron chi connectivity index (χ0n) is 15.8. The van der Waals surface area contributed by atoms with E-state index in [0.29, 0.717) is 23.8 Å². The Morgan fingerprint density at radius 2 is 2.03 bits per heavy atom. The van der Waals surface area contributed by atoms with Gasteiger partial charge in [0.1, 0.15) is 5.60 Å². The van der Waals surface area contributed by atoms with Crippen LogP contribution < -0.4 is 5.32 Å². The van der Waals surface area contributed by atoms with Gasteiger partial charge in [-0.05, 0) is 30.2 Å². The van der Waals surface area contributed by atoms with Crippen LogP contribution in [0.25, 0.3) is 0 Å². The average Bonchev–Trinajstić information content (AvgIpc) is 3.35. The van der Waals surface area contributed by atoms with Gasteiger partial charge in [0.15, 0.2) is 0 Å². The summed E-state index contributed by atoms with van der Waals surface area (Å²) in [5.41, 5.74) is 1.12. The van der Waals surface area contributed by atoms with Gasteiger partial charge in [-0.25, -0.2) is 0 Å². The number of carbonyl (C=O) groups excluding carboxylic acids is 2.